The molecule has 4 amide bonds. The molecule has 2 heterocycles. The minimum absolute atomic E-state index is 0.0546. The van der Waals surface area contributed by atoms with E-state index in [9.17, 15) is 40.8 Å². The molecule has 1 aromatic carbocycles. The average Bonchev–Trinajstić information content (AvgIpc) is 3.93. The summed E-state index contributed by atoms with van der Waals surface area (Å²) in [4.78, 5) is 55.8. The molecule has 0 radical (unpaired) electrons. The Morgan fingerprint density at radius 2 is 1.84 bits per heavy atom. The molecule has 50 heavy (non-hydrogen) atoms. The number of benzene rings is 1. The maximum Gasteiger partial charge on any atom is 0.416 e. The van der Waals surface area contributed by atoms with Gasteiger partial charge in [-0.15, -0.1) is 0 Å². The molecular formula is C33H39F3N6O7S. The number of halogens is 3. The first-order chi connectivity index (χ1) is 23.6. The number of alkyl halides is 3. The van der Waals surface area contributed by atoms with Crippen LogP contribution in [0.15, 0.2) is 42.6 Å². The Morgan fingerprint density at radius 3 is 2.52 bits per heavy atom. The van der Waals surface area contributed by atoms with Gasteiger partial charge in [0, 0.05) is 31.4 Å². The van der Waals surface area contributed by atoms with Crippen LogP contribution < -0.4 is 15.4 Å². The molecular weight excluding hydrogens is 681 g/mol. The van der Waals surface area contributed by atoms with Crippen LogP contribution in [0, 0.1) is 24.7 Å². The molecule has 5 unspecified atom stereocenters. The lowest BCUT2D eigenvalue weighted by Gasteiger charge is -2.26. The van der Waals surface area contributed by atoms with Crippen molar-refractivity contribution in [1.82, 2.24) is 24.7 Å². The van der Waals surface area contributed by atoms with Crippen LogP contribution >= 0.6 is 0 Å². The summed E-state index contributed by atoms with van der Waals surface area (Å²) in [5.41, 5.74) is -2.00. The lowest BCUT2D eigenvalue weighted by atomic mass is 9.93. The summed E-state index contributed by atoms with van der Waals surface area (Å²) in [5, 5.41) is 8.62. The molecule has 13 nitrogen and oxygen atoms in total. The fourth-order valence-electron chi connectivity index (χ4n) is 6.80. The van der Waals surface area contributed by atoms with Gasteiger partial charge in [-0.3, -0.25) is 24.4 Å². The topological polar surface area (TPSA) is 169 Å². The van der Waals surface area contributed by atoms with Gasteiger partial charge in [-0.2, -0.15) is 18.3 Å². The van der Waals surface area contributed by atoms with E-state index in [2.05, 4.69) is 20.5 Å². The zero-order valence-corrected chi connectivity index (χ0v) is 28.4. The van der Waals surface area contributed by atoms with Crippen molar-refractivity contribution in [1.29, 1.82) is 0 Å². The number of sulfonamides is 1. The number of allylic oxidation sites excluding steroid dienone is 1. The summed E-state index contributed by atoms with van der Waals surface area (Å²) >= 11 is 0. The highest BCUT2D eigenvalue weighted by Crippen LogP contribution is 2.47. The van der Waals surface area contributed by atoms with E-state index >= 15 is 0 Å². The number of aromatic nitrogens is 2. The van der Waals surface area contributed by atoms with Crippen LogP contribution in [0.2, 0.25) is 0 Å². The maximum atomic E-state index is 13.9. The van der Waals surface area contributed by atoms with Crippen molar-refractivity contribution in [3.63, 3.8) is 0 Å². The minimum Gasteiger partial charge on any atom is -0.446 e. The summed E-state index contributed by atoms with van der Waals surface area (Å²) in [6.07, 6.45) is 1.33. The SMILES string of the molecule is Cc1ccnn1-c1ccc(C(F)(F)F)cc1NC(=O)OC1CC2C(=O)NC3(C(=O)NS(=O)(=O)C4CC4)CC3C=CCCCCN(C)C(=O)C2C1. The number of hydrogen-bond donors (Lipinski definition) is 3. The standard InChI is InChI=1S/C33H39F3N6O7S/c1-19-12-13-37-42(19)27-11-8-20(33(34,35)36)15-26(27)38-31(46)49-22-16-24-25(17-22)29(44)41(2)14-6-4-3-5-7-21-18-32(21,39-28(24)43)30(45)40-50(47,48)23-9-10-23/h5,7-8,11-13,15,21-25H,3-4,6,9-10,14,16-18H2,1-2H3,(H,38,46)(H,39,43)(H,40,45). The number of ether oxygens (including phenoxy) is 1. The largest absolute Gasteiger partial charge is 0.446 e. The zero-order valence-electron chi connectivity index (χ0n) is 27.5. The number of fused-ring (bicyclic) bond motifs is 2. The Morgan fingerprint density at radius 1 is 1.10 bits per heavy atom. The van der Waals surface area contributed by atoms with Crippen LogP contribution in [0.5, 0.6) is 0 Å². The number of amides is 4. The van der Waals surface area contributed by atoms with E-state index in [1.165, 1.54) is 21.8 Å². The fourth-order valence-corrected chi connectivity index (χ4v) is 8.16. The van der Waals surface area contributed by atoms with Crippen molar-refractivity contribution >= 4 is 39.5 Å². The van der Waals surface area contributed by atoms with Crippen molar-refractivity contribution in [3.05, 3.63) is 53.9 Å². The van der Waals surface area contributed by atoms with Gasteiger partial charge >= 0.3 is 12.3 Å². The Labute approximate surface area is 287 Å². The van der Waals surface area contributed by atoms with Gasteiger partial charge in [0.1, 0.15) is 11.6 Å². The molecule has 1 aromatic heterocycles. The van der Waals surface area contributed by atoms with Gasteiger partial charge in [-0.1, -0.05) is 12.2 Å². The number of anilines is 1. The van der Waals surface area contributed by atoms with Crippen molar-refractivity contribution < 1.29 is 45.5 Å². The van der Waals surface area contributed by atoms with Crippen LogP contribution in [0.1, 0.15) is 62.6 Å². The summed E-state index contributed by atoms with van der Waals surface area (Å²) in [7, 11) is -2.29. The lowest BCUT2D eigenvalue weighted by Crippen LogP contribution is -2.54. The fraction of sp³-hybridized carbons (Fsp3) is 0.545. The second kappa shape index (κ2) is 13.4. The third-order valence-electron chi connectivity index (χ3n) is 9.89. The van der Waals surface area contributed by atoms with Crippen molar-refractivity contribution in [2.45, 2.75) is 81.4 Å². The summed E-state index contributed by atoms with van der Waals surface area (Å²) in [5.74, 6) is -4.31. The van der Waals surface area contributed by atoms with Crippen molar-refractivity contribution in [2.75, 3.05) is 18.9 Å². The van der Waals surface area contributed by atoms with E-state index < -0.39 is 74.3 Å². The highest BCUT2D eigenvalue weighted by molar-refractivity contribution is 7.91. The number of carbonyl (C=O) groups excluding carboxylic acids is 4. The highest BCUT2D eigenvalue weighted by Gasteiger charge is 2.62. The van der Waals surface area contributed by atoms with Gasteiger partial charge in [-0.05, 0) is 82.6 Å². The Balaban J connectivity index is 1.22. The molecule has 6 rings (SSSR count). The van der Waals surface area contributed by atoms with Crippen LogP contribution in [0.3, 0.4) is 0 Å². The van der Waals surface area contributed by atoms with E-state index in [0.717, 1.165) is 18.6 Å². The lowest BCUT2D eigenvalue weighted by molar-refractivity contribution is -0.140. The van der Waals surface area contributed by atoms with E-state index in [4.69, 9.17) is 4.74 Å². The van der Waals surface area contributed by atoms with Gasteiger partial charge in [0.05, 0.1) is 34.0 Å². The Hall–Kier alpha value is -4.41. The molecule has 3 aliphatic carbocycles. The first kappa shape index (κ1) is 35.4. The van der Waals surface area contributed by atoms with Crippen LogP contribution in [0.25, 0.3) is 5.69 Å². The highest BCUT2D eigenvalue weighted by atomic mass is 32.2. The Bertz CT molecular complexity index is 1830. The molecule has 5 atom stereocenters. The first-order valence-corrected chi connectivity index (χ1v) is 18.1. The third kappa shape index (κ3) is 7.37. The number of hydrogen-bond acceptors (Lipinski definition) is 8. The smallest absolute Gasteiger partial charge is 0.416 e. The molecule has 3 fully saturated rings. The zero-order chi connectivity index (χ0) is 36.0. The molecule has 17 heteroatoms. The number of nitrogens with one attached hydrogen (secondary N) is 3. The second-order valence-corrected chi connectivity index (χ2v) is 15.5. The predicted molar refractivity (Wildman–Crippen MR) is 173 cm³/mol. The van der Waals surface area contributed by atoms with E-state index in [1.807, 2.05) is 6.08 Å². The predicted octanol–water partition coefficient (Wildman–Crippen LogP) is 3.82. The van der Waals surface area contributed by atoms with Crippen LogP contribution in [0.4, 0.5) is 23.7 Å². The number of nitrogens with zero attached hydrogens (tertiary/aromatic N) is 3. The maximum absolute atomic E-state index is 13.9. The van der Waals surface area contributed by atoms with Crippen LogP contribution in [-0.2, 0) is 35.3 Å². The molecule has 2 aromatic rings. The van der Waals surface area contributed by atoms with E-state index in [-0.39, 0.29) is 36.5 Å². The van der Waals surface area contributed by atoms with Crippen molar-refractivity contribution in [3.8, 4) is 5.69 Å². The van der Waals surface area contributed by atoms with E-state index in [1.54, 1.807) is 26.1 Å². The molecule has 0 spiro atoms. The molecule has 270 valence electrons. The molecule has 0 bridgehead atoms. The molecule has 1 aliphatic heterocycles. The summed E-state index contributed by atoms with van der Waals surface area (Å²) in [6.45, 7) is 2.11. The number of carbonyl (C=O) groups is 4. The molecule has 4 aliphatic rings. The monoisotopic (exact) mass is 720 g/mol. The minimum atomic E-state index is -4.70. The first-order valence-electron chi connectivity index (χ1n) is 16.6. The van der Waals surface area contributed by atoms with Crippen molar-refractivity contribution in [2.24, 2.45) is 17.8 Å². The number of rotatable bonds is 6. The third-order valence-corrected chi connectivity index (χ3v) is 11.7. The quantitative estimate of drug-likeness (QED) is 0.379. The summed E-state index contributed by atoms with van der Waals surface area (Å²) in [6, 6.07) is 4.46. The van der Waals surface area contributed by atoms with Gasteiger partial charge < -0.3 is 15.0 Å². The molecule has 0 saturated heterocycles. The summed E-state index contributed by atoms with van der Waals surface area (Å²) < 4.78 is 75.2. The van der Waals surface area contributed by atoms with Gasteiger partial charge in [0.2, 0.25) is 21.8 Å². The van der Waals surface area contributed by atoms with Gasteiger partial charge in [0.25, 0.3) is 5.91 Å². The molecule has 3 N–H and O–H groups in total. The number of aryl methyl sites for hydroxylation is 1. The molecule has 3 saturated carbocycles. The normalized spacial score (nSPS) is 27.4. The van der Waals surface area contributed by atoms with E-state index in [0.29, 0.717) is 37.9 Å². The van der Waals surface area contributed by atoms with Gasteiger partial charge in [-0.25, -0.2) is 17.9 Å². The average molecular weight is 721 g/mol. The Kier molecular flexibility index (Phi) is 9.47. The van der Waals surface area contributed by atoms with Crippen LogP contribution in [-0.4, -0.2) is 77.4 Å². The second-order valence-electron chi connectivity index (χ2n) is 13.6. The van der Waals surface area contributed by atoms with Gasteiger partial charge in [0.15, 0.2) is 0 Å².